The third-order valence-corrected chi connectivity index (χ3v) is 2.08. The minimum atomic E-state index is 0.464. The molecule has 0 amide bonds. The van der Waals surface area contributed by atoms with E-state index < -0.39 is 0 Å². The average Bonchev–Trinajstić information content (AvgIpc) is 2.65. The van der Waals surface area contributed by atoms with Gasteiger partial charge in [-0.15, -0.1) is 5.10 Å². The van der Waals surface area contributed by atoms with Gasteiger partial charge in [0.2, 0.25) is 0 Å². The first kappa shape index (κ1) is 9.01. The minimum absolute atomic E-state index is 0.464. The molecule has 0 atom stereocenters. The van der Waals surface area contributed by atoms with Crippen molar-refractivity contribution in [2.75, 3.05) is 0 Å². The Morgan fingerprint density at radius 3 is 3.14 bits per heavy atom. The van der Waals surface area contributed by atoms with Crippen LogP contribution in [0.25, 0.3) is 11.4 Å². The molecular formula is C8H9N5S. The molecule has 0 aromatic carbocycles. The molecule has 0 saturated carbocycles. The van der Waals surface area contributed by atoms with Crippen molar-refractivity contribution < 1.29 is 0 Å². The Morgan fingerprint density at radius 1 is 1.57 bits per heavy atom. The Labute approximate surface area is 85.8 Å². The van der Waals surface area contributed by atoms with Crippen molar-refractivity contribution in [2.24, 2.45) is 0 Å². The van der Waals surface area contributed by atoms with Crippen LogP contribution in [0.15, 0.2) is 18.5 Å². The third-order valence-electron chi connectivity index (χ3n) is 1.87. The molecule has 2 aromatic rings. The molecule has 0 radical (unpaired) electrons. The first-order valence-electron chi connectivity index (χ1n) is 4.25. The maximum absolute atomic E-state index is 4.94. The SMILES string of the molecule is CCn1nncc1-c1ccnc(=S)[nH]1. The standard InChI is InChI=1S/C8H9N5S/c1-2-13-7(5-10-12-13)6-3-4-9-8(14)11-6/h3-5H,2H2,1H3,(H,9,11,14). The fourth-order valence-corrected chi connectivity index (χ4v) is 1.39. The molecule has 14 heavy (non-hydrogen) atoms. The number of aryl methyl sites for hydroxylation is 1. The normalized spacial score (nSPS) is 10.4. The van der Waals surface area contributed by atoms with Gasteiger partial charge in [-0.25, -0.2) is 9.67 Å². The zero-order valence-electron chi connectivity index (χ0n) is 7.64. The van der Waals surface area contributed by atoms with Gasteiger partial charge in [0.25, 0.3) is 0 Å². The van der Waals surface area contributed by atoms with Crippen LogP contribution >= 0.6 is 12.2 Å². The van der Waals surface area contributed by atoms with Crippen LogP contribution in [0.1, 0.15) is 6.92 Å². The van der Waals surface area contributed by atoms with Crippen molar-refractivity contribution in [1.29, 1.82) is 0 Å². The van der Waals surface area contributed by atoms with E-state index in [4.69, 9.17) is 12.2 Å². The van der Waals surface area contributed by atoms with Crippen LogP contribution in [0.3, 0.4) is 0 Å². The van der Waals surface area contributed by atoms with Gasteiger partial charge in [0, 0.05) is 12.7 Å². The number of hydrogen-bond donors (Lipinski definition) is 1. The van der Waals surface area contributed by atoms with Crippen molar-refractivity contribution in [3.8, 4) is 11.4 Å². The molecule has 0 aliphatic heterocycles. The van der Waals surface area contributed by atoms with E-state index in [0.29, 0.717) is 4.77 Å². The molecular weight excluding hydrogens is 198 g/mol. The highest BCUT2D eigenvalue weighted by molar-refractivity contribution is 7.71. The lowest BCUT2D eigenvalue weighted by Gasteiger charge is -2.01. The summed E-state index contributed by atoms with van der Waals surface area (Å²) in [5.41, 5.74) is 1.80. The maximum Gasteiger partial charge on any atom is 0.197 e. The van der Waals surface area contributed by atoms with Crippen LogP contribution in [-0.4, -0.2) is 25.0 Å². The number of H-pyrrole nitrogens is 1. The molecule has 0 aliphatic carbocycles. The van der Waals surface area contributed by atoms with E-state index in [-0.39, 0.29) is 0 Å². The summed E-state index contributed by atoms with van der Waals surface area (Å²) < 4.78 is 2.26. The van der Waals surface area contributed by atoms with Gasteiger partial charge in [-0.1, -0.05) is 5.21 Å². The lowest BCUT2D eigenvalue weighted by Crippen LogP contribution is -2.00. The van der Waals surface area contributed by atoms with Gasteiger partial charge >= 0.3 is 0 Å². The van der Waals surface area contributed by atoms with E-state index in [1.165, 1.54) is 0 Å². The predicted molar refractivity (Wildman–Crippen MR) is 54.1 cm³/mol. The molecule has 0 spiro atoms. The minimum Gasteiger partial charge on any atom is -0.329 e. The number of aromatic amines is 1. The van der Waals surface area contributed by atoms with Gasteiger partial charge in [-0.2, -0.15) is 0 Å². The number of nitrogens with zero attached hydrogens (tertiary/aromatic N) is 4. The van der Waals surface area contributed by atoms with Gasteiger partial charge in [-0.05, 0) is 25.2 Å². The van der Waals surface area contributed by atoms with Crippen LogP contribution in [-0.2, 0) is 6.54 Å². The highest BCUT2D eigenvalue weighted by Gasteiger charge is 2.04. The van der Waals surface area contributed by atoms with E-state index >= 15 is 0 Å². The molecule has 2 rings (SSSR count). The number of rotatable bonds is 2. The Bertz CT molecular complexity index is 486. The zero-order valence-corrected chi connectivity index (χ0v) is 8.45. The molecule has 2 aromatic heterocycles. The van der Waals surface area contributed by atoms with Crippen LogP contribution in [0, 0.1) is 4.77 Å². The second kappa shape index (κ2) is 3.67. The Kier molecular flexibility index (Phi) is 2.36. The quantitative estimate of drug-likeness (QED) is 0.756. The number of nitrogens with one attached hydrogen (secondary N) is 1. The summed E-state index contributed by atoms with van der Waals surface area (Å²) in [4.78, 5) is 6.90. The van der Waals surface area contributed by atoms with Crippen molar-refractivity contribution >= 4 is 12.2 Å². The number of hydrogen-bond acceptors (Lipinski definition) is 4. The van der Waals surface area contributed by atoms with Crippen LogP contribution < -0.4 is 0 Å². The van der Waals surface area contributed by atoms with Crippen LogP contribution in [0.2, 0.25) is 0 Å². The topological polar surface area (TPSA) is 59.4 Å². The zero-order chi connectivity index (χ0) is 9.97. The molecule has 2 heterocycles. The highest BCUT2D eigenvalue weighted by atomic mass is 32.1. The molecule has 0 aliphatic rings. The highest BCUT2D eigenvalue weighted by Crippen LogP contribution is 2.13. The van der Waals surface area contributed by atoms with Gasteiger partial charge in [0.15, 0.2) is 4.77 Å². The van der Waals surface area contributed by atoms with E-state index in [1.54, 1.807) is 17.1 Å². The molecule has 5 nitrogen and oxygen atoms in total. The summed E-state index contributed by atoms with van der Waals surface area (Å²) in [6.07, 6.45) is 3.37. The van der Waals surface area contributed by atoms with Gasteiger partial charge < -0.3 is 4.98 Å². The van der Waals surface area contributed by atoms with Crippen LogP contribution in [0.4, 0.5) is 0 Å². The Morgan fingerprint density at radius 2 is 2.43 bits per heavy atom. The Hall–Kier alpha value is -1.56. The second-order valence-corrected chi connectivity index (χ2v) is 3.11. The molecule has 72 valence electrons. The van der Waals surface area contributed by atoms with Crippen molar-refractivity contribution in [2.45, 2.75) is 13.5 Å². The van der Waals surface area contributed by atoms with Gasteiger partial charge in [0.05, 0.1) is 11.9 Å². The lowest BCUT2D eigenvalue weighted by atomic mass is 10.3. The van der Waals surface area contributed by atoms with E-state index in [0.717, 1.165) is 17.9 Å². The summed E-state index contributed by atoms with van der Waals surface area (Å²) >= 11 is 4.94. The molecule has 6 heteroatoms. The van der Waals surface area contributed by atoms with Gasteiger partial charge in [0.1, 0.15) is 5.69 Å². The van der Waals surface area contributed by atoms with Crippen molar-refractivity contribution in [1.82, 2.24) is 25.0 Å². The smallest absolute Gasteiger partial charge is 0.197 e. The molecule has 0 saturated heterocycles. The maximum atomic E-state index is 4.94. The average molecular weight is 207 g/mol. The summed E-state index contributed by atoms with van der Waals surface area (Å²) in [5, 5.41) is 7.77. The lowest BCUT2D eigenvalue weighted by molar-refractivity contribution is 0.631. The molecule has 0 unspecified atom stereocenters. The summed E-state index contributed by atoms with van der Waals surface area (Å²) in [6.45, 7) is 2.78. The molecule has 0 bridgehead atoms. The van der Waals surface area contributed by atoms with E-state index in [1.807, 2.05) is 13.0 Å². The molecule has 0 fully saturated rings. The molecule has 1 N–H and O–H groups in total. The first-order chi connectivity index (χ1) is 6.81. The fourth-order valence-electron chi connectivity index (χ4n) is 1.22. The van der Waals surface area contributed by atoms with Crippen molar-refractivity contribution in [3.63, 3.8) is 0 Å². The summed E-state index contributed by atoms with van der Waals surface area (Å²) in [5.74, 6) is 0. The summed E-state index contributed by atoms with van der Waals surface area (Å²) in [7, 11) is 0. The van der Waals surface area contributed by atoms with Crippen LogP contribution in [0.5, 0.6) is 0 Å². The fraction of sp³-hybridized carbons (Fsp3) is 0.250. The largest absolute Gasteiger partial charge is 0.329 e. The Balaban J connectivity index is 2.54. The van der Waals surface area contributed by atoms with E-state index in [9.17, 15) is 0 Å². The first-order valence-corrected chi connectivity index (χ1v) is 4.66. The predicted octanol–water partition coefficient (Wildman–Crippen LogP) is 1.42. The second-order valence-electron chi connectivity index (χ2n) is 2.72. The van der Waals surface area contributed by atoms with Crippen molar-refractivity contribution in [3.05, 3.63) is 23.2 Å². The monoisotopic (exact) mass is 207 g/mol. The van der Waals surface area contributed by atoms with E-state index in [2.05, 4.69) is 20.3 Å². The van der Waals surface area contributed by atoms with Gasteiger partial charge in [-0.3, -0.25) is 0 Å². The number of aromatic nitrogens is 5. The third kappa shape index (κ3) is 1.56. The summed E-state index contributed by atoms with van der Waals surface area (Å²) in [6, 6.07) is 1.85.